The number of aromatic nitrogens is 2. The number of fused-ring (bicyclic) bond motifs is 1. The Morgan fingerprint density at radius 2 is 1.81 bits per heavy atom. The molecule has 1 heterocycles. The van der Waals surface area contributed by atoms with Crippen LogP contribution in [0.5, 0.6) is 0 Å². The summed E-state index contributed by atoms with van der Waals surface area (Å²) in [5.41, 5.74) is 2.72. The first-order valence-corrected chi connectivity index (χ1v) is 12.4. The number of nitrogens with zero attached hydrogens (tertiary/aromatic N) is 3. The number of anilines is 1. The molecule has 1 aromatic heterocycles. The Labute approximate surface area is 189 Å². The number of sulfonamides is 1. The summed E-state index contributed by atoms with van der Waals surface area (Å²) < 4.78 is 29.2. The summed E-state index contributed by atoms with van der Waals surface area (Å²) in [5, 5.41) is 2.91. The molecule has 0 fully saturated rings. The number of carbonyl (C=O) groups is 1. The van der Waals surface area contributed by atoms with Gasteiger partial charge < -0.3 is 9.47 Å². The van der Waals surface area contributed by atoms with Crippen LogP contribution in [0.15, 0.2) is 47.4 Å². The van der Waals surface area contributed by atoms with Gasteiger partial charge in [-0.25, -0.2) is 18.1 Å². The number of carbonyl (C=O) groups excluding carboxylic acids is 1. The summed E-state index contributed by atoms with van der Waals surface area (Å²) in [6.45, 7) is 11.4. The molecule has 0 atom stereocenters. The molecule has 8 nitrogen and oxygen atoms in total. The number of rotatable bonds is 10. The third kappa shape index (κ3) is 5.17. The maximum Gasteiger partial charge on any atom is 0.258 e. The monoisotopic (exact) mass is 457 g/mol. The number of nitrogens with one attached hydrogen (secondary N) is 2. The van der Waals surface area contributed by atoms with Crippen molar-refractivity contribution in [3.05, 3.63) is 53.6 Å². The van der Waals surface area contributed by atoms with Crippen molar-refractivity contribution < 1.29 is 13.2 Å². The lowest BCUT2D eigenvalue weighted by Gasteiger charge is -2.19. The van der Waals surface area contributed by atoms with Gasteiger partial charge in [0.05, 0.1) is 15.9 Å². The lowest BCUT2D eigenvalue weighted by atomic mass is 10.1. The van der Waals surface area contributed by atoms with Crippen molar-refractivity contribution >= 4 is 32.9 Å². The van der Waals surface area contributed by atoms with Gasteiger partial charge in [0.15, 0.2) is 0 Å². The highest BCUT2D eigenvalue weighted by Crippen LogP contribution is 2.22. The molecule has 0 bridgehead atoms. The molecule has 0 saturated heterocycles. The fraction of sp³-hybridized carbons (Fsp3) is 0.391. The number of hydrogen-bond donors (Lipinski definition) is 2. The number of benzene rings is 2. The molecule has 2 N–H and O–H groups in total. The van der Waals surface area contributed by atoms with Crippen LogP contribution in [-0.4, -0.2) is 55.0 Å². The predicted molar refractivity (Wildman–Crippen MR) is 128 cm³/mol. The van der Waals surface area contributed by atoms with Gasteiger partial charge in [0.1, 0.15) is 0 Å². The second-order valence-electron chi connectivity index (χ2n) is 7.53. The Hall–Kier alpha value is -2.75. The molecule has 1 amide bonds. The van der Waals surface area contributed by atoms with E-state index in [1.165, 1.54) is 12.1 Å². The molecule has 0 aliphatic rings. The molecule has 0 aliphatic heterocycles. The van der Waals surface area contributed by atoms with Crippen LogP contribution in [-0.2, 0) is 16.6 Å². The van der Waals surface area contributed by atoms with Crippen LogP contribution in [0.3, 0.4) is 0 Å². The molecule has 0 aliphatic carbocycles. The molecule has 32 heavy (non-hydrogen) atoms. The van der Waals surface area contributed by atoms with Gasteiger partial charge in [-0.05, 0) is 49.8 Å². The van der Waals surface area contributed by atoms with Crippen LogP contribution in [0.2, 0.25) is 0 Å². The maximum absolute atomic E-state index is 13.2. The predicted octanol–water partition coefficient (Wildman–Crippen LogP) is 3.24. The van der Waals surface area contributed by atoms with Gasteiger partial charge in [0.2, 0.25) is 16.0 Å². The number of para-hydroxylation sites is 2. The molecular weight excluding hydrogens is 426 g/mol. The summed E-state index contributed by atoms with van der Waals surface area (Å²) in [5.74, 6) is 0.0538. The van der Waals surface area contributed by atoms with Crippen molar-refractivity contribution in [2.75, 3.05) is 31.5 Å². The Bertz CT molecular complexity index is 1200. The van der Waals surface area contributed by atoms with Crippen molar-refractivity contribution in [3.8, 4) is 0 Å². The van der Waals surface area contributed by atoms with Crippen LogP contribution in [0.25, 0.3) is 11.0 Å². The second-order valence-corrected chi connectivity index (χ2v) is 9.30. The van der Waals surface area contributed by atoms with E-state index in [9.17, 15) is 13.2 Å². The van der Waals surface area contributed by atoms with Crippen molar-refractivity contribution in [1.29, 1.82) is 0 Å². The van der Waals surface area contributed by atoms with E-state index < -0.39 is 15.9 Å². The fourth-order valence-corrected chi connectivity index (χ4v) is 4.70. The molecule has 0 spiro atoms. The van der Waals surface area contributed by atoms with Crippen LogP contribution in [0, 0.1) is 6.92 Å². The van der Waals surface area contributed by atoms with Gasteiger partial charge in [-0.15, -0.1) is 0 Å². The normalized spacial score (nSPS) is 11.9. The van der Waals surface area contributed by atoms with Gasteiger partial charge >= 0.3 is 0 Å². The Morgan fingerprint density at radius 1 is 1.09 bits per heavy atom. The van der Waals surface area contributed by atoms with Gasteiger partial charge in [-0.3, -0.25) is 10.1 Å². The van der Waals surface area contributed by atoms with Gasteiger partial charge in [0, 0.05) is 25.2 Å². The standard InChI is InChI=1S/C23H31N5O3S/c1-5-24-32(30,31)18-13-12-17(4)19(16-18)22(29)26-23-25-20-10-8-9-11-21(20)28(23)15-14-27(6-2)7-3/h8-13,16,24H,5-7,14-15H2,1-4H3,(H,25,26,29). The zero-order valence-corrected chi connectivity index (χ0v) is 19.9. The van der Waals surface area contributed by atoms with E-state index >= 15 is 0 Å². The highest BCUT2D eigenvalue weighted by atomic mass is 32.2. The molecular formula is C23H31N5O3S. The third-order valence-corrected chi connectivity index (χ3v) is 7.06. The summed E-state index contributed by atoms with van der Waals surface area (Å²) in [7, 11) is -3.67. The van der Waals surface area contributed by atoms with E-state index in [1.54, 1.807) is 19.9 Å². The molecule has 2 aromatic carbocycles. The Balaban J connectivity index is 1.94. The van der Waals surface area contributed by atoms with Crippen LogP contribution < -0.4 is 10.0 Å². The minimum atomic E-state index is -3.67. The van der Waals surface area contributed by atoms with Crippen LogP contribution in [0.1, 0.15) is 36.7 Å². The van der Waals surface area contributed by atoms with E-state index in [4.69, 9.17) is 0 Å². The Morgan fingerprint density at radius 3 is 2.50 bits per heavy atom. The molecule has 9 heteroatoms. The molecule has 0 saturated carbocycles. The first kappa shape index (κ1) is 23.9. The average molecular weight is 458 g/mol. The zero-order valence-electron chi connectivity index (χ0n) is 19.1. The summed E-state index contributed by atoms with van der Waals surface area (Å²) in [6, 6.07) is 12.3. The van der Waals surface area contributed by atoms with E-state index in [2.05, 4.69) is 33.8 Å². The lowest BCUT2D eigenvalue weighted by molar-refractivity contribution is 0.102. The quantitative estimate of drug-likeness (QED) is 0.487. The van der Waals surface area contributed by atoms with Crippen molar-refractivity contribution in [3.63, 3.8) is 0 Å². The summed E-state index contributed by atoms with van der Waals surface area (Å²) >= 11 is 0. The first-order chi connectivity index (χ1) is 15.3. The maximum atomic E-state index is 13.2. The van der Waals surface area contributed by atoms with Crippen LogP contribution >= 0.6 is 0 Å². The average Bonchev–Trinajstić information content (AvgIpc) is 3.11. The van der Waals surface area contributed by atoms with Gasteiger partial charge in [-0.1, -0.05) is 39.0 Å². The molecule has 172 valence electrons. The zero-order chi connectivity index (χ0) is 23.3. The van der Waals surface area contributed by atoms with E-state index in [0.717, 1.165) is 30.7 Å². The SMILES string of the molecule is CCNS(=O)(=O)c1ccc(C)c(C(=O)Nc2nc3ccccc3n2CCN(CC)CC)c1. The smallest absolute Gasteiger partial charge is 0.258 e. The highest BCUT2D eigenvalue weighted by molar-refractivity contribution is 7.89. The van der Waals surface area contributed by atoms with Crippen molar-refractivity contribution in [2.45, 2.75) is 39.1 Å². The summed E-state index contributed by atoms with van der Waals surface area (Å²) in [4.78, 5) is 20.1. The number of hydrogen-bond acceptors (Lipinski definition) is 5. The van der Waals surface area contributed by atoms with E-state index in [1.807, 2.05) is 28.8 Å². The van der Waals surface area contributed by atoms with Crippen molar-refractivity contribution in [2.24, 2.45) is 0 Å². The number of imidazole rings is 1. The van der Waals surface area contributed by atoms with Crippen LogP contribution in [0.4, 0.5) is 5.95 Å². The van der Waals surface area contributed by atoms with Gasteiger partial charge in [-0.2, -0.15) is 0 Å². The molecule has 3 rings (SSSR count). The second kappa shape index (κ2) is 10.2. The highest BCUT2D eigenvalue weighted by Gasteiger charge is 2.20. The largest absolute Gasteiger partial charge is 0.309 e. The Kier molecular flexibility index (Phi) is 7.65. The number of aryl methyl sites for hydroxylation is 1. The fourth-order valence-electron chi connectivity index (χ4n) is 3.63. The minimum Gasteiger partial charge on any atom is -0.309 e. The lowest BCUT2D eigenvalue weighted by Crippen LogP contribution is -2.28. The summed E-state index contributed by atoms with van der Waals surface area (Å²) in [6.07, 6.45) is 0. The van der Waals surface area contributed by atoms with Crippen molar-refractivity contribution in [1.82, 2.24) is 19.2 Å². The molecule has 3 aromatic rings. The topological polar surface area (TPSA) is 96.3 Å². The number of likely N-dealkylation sites (N-methyl/N-ethyl adjacent to an activating group) is 1. The van der Waals surface area contributed by atoms with E-state index in [0.29, 0.717) is 23.6 Å². The third-order valence-electron chi connectivity index (χ3n) is 5.51. The van der Waals surface area contributed by atoms with E-state index in [-0.39, 0.29) is 11.4 Å². The van der Waals surface area contributed by atoms with Gasteiger partial charge in [0.25, 0.3) is 5.91 Å². The molecule has 0 unspecified atom stereocenters. The first-order valence-electron chi connectivity index (χ1n) is 10.9. The number of amides is 1. The minimum absolute atomic E-state index is 0.0603. The molecule has 0 radical (unpaired) electrons.